The standard InChI is InChI=1S/C18H15FO3/c1-10-6-3-4-7-12(10)15-17(21)16-13(19)8-5-9-14(16)22-18(15)11(2)20/h3-9,11,20H,1-2H3. The summed E-state index contributed by atoms with van der Waals surface area (Å²) >= 11 is 0. The Morgan fingerprint density at radius 3 is 2.55 bits per heavy atom. The monoisotopic (exact) mass is 298 g/mol. The number of fused-ring (bicyclic) bond motifs is 1. The Bertz CT molecular complexity index is 910. The molecule has 3 rings (SSSR count). The maximum atomic E-state index is 14.1. The molecular formula is C18H15FO3. The highest BCUT2D eigenvalue weighted by molar-refractivity contribution is 5.84. The van der Waals surface area contributed by atoms with Crippen LogP contribution in [-0.4, -0.2) is 5.11 Å². The molecule has 4 heteroatoms. The molecule has 1 heterocycles. The summed E-state index contributed by atoms with van der Waals surface area (Å²) in [5.74, 6) is -0.476. The van der Waals surface area contributed by atoms with Gasteiger partial charge >= 0.3 is 0 Å². The number of halogens is 1. The van der Waals surface area contributed by atoms with E-state index in [1.54, 1.807) is 12.1 Å². The van der Waals surface area contributed by atoms with Crippen molar-refractivity contribution in [3.63, 3.8) is 0 Å². The van der Waals surface area contributed by atoms with Gasteiger partial charge in [-0.15, -0.1) is 0 Å². The molecule has 0 bridgehead atoms. The molecule has 0 aliphatic carbocycles. The lowest BCUT2D eigenvalue weighted by molar-refractivity contribution is 0.171. The van der Waals surface area contributed by atoms with E-state index in [1.807, 2.05) is 19.1 Å². The molecule has 2 aromatic carbocycles. The number of aliphatic hydroxyl groups excluding tert-OH is 1. The molecule has 1 N–H and O–H groups in total. The third kappa shape index (κ3) is 2.22. The fraction of sp³-hybridized carbons (Fsp3) is 0.167. The Hall–Kier alpha value is -2.46. The van der Waals surface area contributed by atoms with Gasteiger partial charge in [-0.1, -0.05) is 30.3 Å². The van der Waals surface area contributed by atoms with E-state index in [-0.39, 0.29) is 22.3 Å². The van der Waals surface area contributed by atoms with Crippen molar-refractivity contribution in [3.05, 3.63) is 69.8 Å². The van der Waals surface area contributed by atoms with E-state index in [2.05, 4.69) is 0 Å². The predicted octanol–water partition coefficient (Wildman–Crippen LogP) is 3.96. The second kappa shape index (κ2) is 5.39. The van der Waals surface area contributed by atoms with Crippen molar-refractivity contribution >= 4 is 11.0 Å². The summed E-state index contributed by atoms with van der Waals surface area (Å²) in [6, 6.07) is 11.5. The molecule has 22 heavy (non-hydrogen) atoms. The molecule has 0 aliphatic rings. The average molecular weight is 298 g/mol. The van der Waals surface area contributed by atoms with Crippen LogP contribution in [0.25, 0.3) is 22.1 Å². The van der Waals surface area contributed by atoms with Crippen LogP contribution < -0.4 is 5.43 Å². The first kappa shape index (κ1) is 14.5. The minimum atomic E-state index is -0.977. The second-order valence-electron chi connectivity index (χ2n) is 5.27. The van der Waals surface area contributed by atoms with E-state index >= 15 is 0 Å². The number of rotatable bonds is 2. The smallest absolute Gasteiger partial charge is 0.203 e. The highest BCUT2D eigenvalue weighted by Gasteiger charge is 2.22. The molecule has 3 aromatic rings. The fourth-order valence-corrected chi connectivity index (χ4v) is 2.62. The van der Waals surface area contributed by atoms with Gasteiger partial charge in [-0.25, -0.2) is 4.39 Å². The van der Waals surface area contributed by atoms with Gasteiger partial charge in [-0.2, -0.15) is 0 Å². The SMILES string of the molecule is Cc1ccccc1-c1c(C(C)O)oc2cccc(F)c2c1=O. The van der Waals surface area contributed by atoms with E-state index in [4.69, 9.17) is 4.42 Å². The summed E-state index contributed by atoms with van der Waals surface area (Å²) < 4.78 is 19.7. The average Bonchev–Trinajstić information content (AvgIpc) is 2.48. The minimum Gasteiger partial charge on any atom is -0.457 e. The zero-order chi connectivity index (χ0) is 15.9. The van der Waals surface area contributed by atoms with Gasteiger partial charge in [0.05, 0.1) is 5.56 Å². The second-order valence-corrected chi connectivity index (χ2v) is 5.27. The zero-order valence-corrected chi connectivity index (χ0v) is 12.3. The molecule has 0 amide bonds. The predicted molar refractivity (Wildman–Crippen MR) is 83.2 cm³/mol. The van der Waals surface area contributed by atoms with Crippen LogP contribution in [0, 0.1) is 12.7 Å². The van der Waals surface area contributed by atoms with Crippen LogP contribution in [0.5, 0.6) is 0 Å². The highest BCUT2D eigenvalue weighted by Crippen LogP contribution is 2.31. The third-order valence-corrected chi connectivity index (χ3v) is 3.69. The molecule has 0 radical (unpaired) electrons. The molecule has 1 atom stereocenters. The largest absolute Gasteiger partial charge is 0.457 e. The molecule has 0 saturated heterocycles. The number of hydrogen-bond acceptors (Lipinski definition) is 3. The lowest BCUT2D eigenvalue weighted by Gasteiger charge is -2.14. The zero-order valence-electron chi connectivity index (χ0n) is 12.3. The Labute approximate surface area is 126 Å². The number of aliphatic hydroxyl groups is 1. The molecule has 0 spiro atoms. The minimum absolute atomic E-state index is 0.0925. The van der Waals surface area contributed by atoms with Crippen molar-refractivity contribution in [2.45, 2.75) is 20.0 Å². The van der Waals surface area contributed by atoms with E-state index in [1.165, 1.54) is 25.1 Å². The van der Waals surface area contributed by atoms with Gasteiger partial charge in [-0.05, 0) is 37.1 Å². The highest BCUT2D eigenvalue weighted by atomic mass is 19.1. The van der Waals surface area contributed by atoms with Crippen molar-refractivity contribution in [1.29, 1.82) is 0 Å². The normalized spacial score (nSPS) is 12.5. The van der Waals surface area contributed by atoms with Gasteiger partial charge in [0.1, 0.15) is 28.7 Å². The van der Waals surface area contributed by atoms with Gasteiger partial charge in [0.2, 0.25) is 5.43 Å². The fourth-order valence-electron chi connectivity index (χ4n) is 2.62. The molecule has 0 fully saturated rings. The summed E-state index contributed by atoms with van der Waals surface area (Å²) in [6.45, 7) is 3.37. The maximum Gasteiger partial charge on any atom is 0.203 e. The molecule has 1 aromatic heterocycles. The molecule has 0 saturated carbocycles. The molecule has 0 aliphatic heterocycles. The summed E-state index contributed by atoms with van der Waals surface area (Å²) in [5.41, 5.74) is 1.37. The molecular weight excluding hydrogens is 283 g/mol. The van der Waals surface area contributed by atoms with Crippen molar-refractivity contribution in [3.8, 4) is 11.1 Å². The Balaban J connectivity index is 2.50. The van der Waals surface area contributed by atoms with Gasteiger partial charge in [0, 0.05) is 0 Å². The van der Waals surface area contributed by atoms with Crippen molar-refractivity contribution in [2.75, 3.05) is 0 Å². The first-order valence-corrected chi connectivity index (χ1v) is 7.00. The molecule has 1 unspecified atom stereocenters. The first-order valence-electron chi connectivity index (χ1n) is 7.00. The maximum absolute atomic E-state index is 14.1. The Morgan fingerprint density at radius 2 is 1.86 bits per heavy atom. The summed E-state index contributed by atoms with van der Waals surface area (Å²) in [6.07, 6.45) is -0.977. The van der Waals surface area contributed by atoms with Crippen LogP contribution in [0.1, 0.15) is 24.4 Å². The topological polar surface area (TPSA) is 50.4 Å². The molecule has 112 valence electrons. The van der Waals surface area contributed by atoms with Crippen LogP contribution >= 0.6 is 0 Å². The molecule has 3 nitrogen and oxygen atoms in total. The van der Waals surface area contributed by atoms with Crippen LogP contribution in [-0.2, 0) is 0 Å². The summed E-state index contributed by atoms with van der Waals surface area (Å²) in [7, 11) is 0. The van der Waals surface area contributed by atoms with Crippen molar-refractivity contribution < 1.29 is 13.9 Å². The summed E-state index contributed by atoms with van der Waals surface area (Å²) in [4.78, 5) is 12.8. The van der Waals surface area contributed by atoms with Crippen molar-refractivity contribution in [2.24, 2.45) is 0 Å². The van der Waals surface area contributed by atoms with Crippen LogP contribution in [0.4, 0.5) is 4.39 Å². The van der Waals surface area contributed by atoms with Gasteiger partial charge < -0.3 is 9.52 Å². The Kier molecular flexibility index (Phi) is 3.54. The lowest BCUT2D eigenvalue weighted by atomic mass is 9.96. The lowest BCUT2D eigenvalue weighted by Crippen LogP contribution is -2.12. The van der Waals surface area contributed by atoms with E-state index in [0.717, 1.165) is 5.56 Å². The Morgan fingerprint density at radius 1 is 1.14 bits per heavy atom. The van der Waals surface area contributed by atoms with Gasteiger partial charge in [0.25, 0.3) is 0 Å². The quantitative estimate of drug-likeness (QED) is 0.779. The van der Waals surface area contributed by atoms with Gasteiger partial charge in [-0.3, -0.25) is 4.79 Å². The summed E-state index contributed by atoms with van der Waals surface area (Å²) in [5, 5.41) is 9.89. The van der Waals surface area contributed by atoms with Crippen LogP contribution in [0.15, 0.2) is 51.7 Å². The van der Waals surface area contributed by atoms with E-state index < -0.39 is 17.3 Å². The number of benzene rings is 2. The van der Waals surface area contributed by atoms with Crippen LogP contribution in [0.3, 0.4) is 0 Å². The first-order chi connectivity index (χ1) is 10.5. The number of hydrogen-bond donors (Lipinski definition) is 1. The van der Waals surface area contributed by atoms with Crippen LogP contribution in [0.2, 0.25) is 0 Å². The number of aryl methyl sites for hydroxylation is 1. The third-order valence-electron chi connectivity index (χ3n) is 3.69. The van der Waals surface area contributed by atoms with Crippen molar-refractivity contribution in [1.82, 2.24) is 0 Å². The van der Waals surface area contributed by atoms with E-state index in [0.29, 0.717) is 5.56 Å². The van der Waals surface area contributed by atoms with E-state index in [9.17, 15) is 14.3 Å². The van der Waals surface area contributed by atoms with Gasteiger partial charge in [0.15, 0.2) is 0 Å².